The van der Waals surface area contributed by atoms with Crippen molar-refractivity contribution in [2.75, 3.05) is 5.32 Å². The van der Waals surface area contributed by atoms with Crippen molar-refractivity contribution >= 4 is 17.7 Å². The van der Waals surface area contributed by atoms with E-state index in [0.29, 0.717) is 18.5 Å². The van der Waals surface area contributed by atoms with Gasteiger partial charge in [0.1, 0.15) is 0 Å². The molecule has 0 aromatic carbocycles. The standard InChI is InChI=1S/C14H22N4O3/c1-3-10-11(9-18(2)17-10)15-13(21)16-14(8-12(19)20)6-4-5-7-14/h9H,3-8H2,1-2H3,(H,19,20)(H2,15,16,21). The van der Waals surface area contributed by atoms with Gasteiger partial charge >= 0.3 is 12.0 Å². The molecule has 2 amide bonds. The Morgan fingerprint density at radius 2 is 2.10 bits per heavy atom. The van der Waals surface area contributed by atoms with Crippen molar-refractivity contribution in [3.63, 3.8) is 0 Å². The zero-order chi connectivity index (χ0) is 15.5. The lowest BCUT2D eigenvalue weighted by Gasteiger charge is -2.28. The first-order chi connectivity index (χ1) is 9.94. The summed E-state index contributed by atoms with van der Waals surface area (Å²) in [5.41, 5.74) is 0.858. The lowest BCUT2D eigenvalue weighted by Crippen LogP contribution is -2.49. The molecule has 116 valence electrons. The number of carboxylic acid groups (broad SMARTS) is 1. The number of urea groups is 1. The summed E-state index contributed by atoms with van der Waals surface area (Å²) in [7, 11) is 1.80. The first-order valence-corrected chi connectivity index (χ1v) is 7.27. The number of amides is 2. The summed E-state index contributed by atoms with van der Waals surface area (Å²) >= 11 is 0. The topological polar surface area (TPSA) is 96.3 Å². The lowest BCUT2D eigenvalue weighted by molar-refractivity contribution is -0.138. The number of aliphatic carboxylic acids is 1. The Bertz CT molecular complexity index is 532. The molecular weight excluding hydrogens is 272 g/mol. The number of nitrogens with zero attached hydrogens (tertiary/aromatic N) is 2. The molecule has 0 atom stereocenters. The van der Waals surface area contributed by atoms with Crippen molar-refractivity contribution in [1.82, 2.24) is 15.1 Å². The van der Waals surface area contributed by atoms with Crippen molar-refractivity contribution in [1.29, 1.82) is 0 Å². The molecule has 7 nitrogen and oxygen atoms in total. The van der Waals surface area contributed by atoms with Crippen LogP contribution in [0.5, 0.6) is 0 Å². The summed E-state index contributed by atoms with van der Waals surface area (Å²) in [4.78, 5) is 23.2. The molecule has 2 rings (SSSR count). The van der Waals surface area contributed by atoms with Crippen LogP contribution in [0.15, 0.2) is 6.20 Å². The monoisotopic (exact) mass is 294 g/mol. The van der Waals surface area contributed by atoms with Crippen LogP contribution in [0, 0.1) is 0 Å². The van der Waals surface area contributed by atoms with Crippen molar-refractivity contribution in [3.05, 3.63) is 11.9 Å². The van der Waals surface area contributed by atoms with Crippen LogP contribution in [0.2, 0.25) is 0 Å². The van der Waals surface area contributed by atoms with Gasteiger partial charge in [-0.05, 0) is 19.3 Å². The lowest BCUT2D eigenvalue weighted by atomic mass is 9.93. The molecule has 1 saturated carbocycles. The average molecular weight is 294 g/mol. The van der Waals surface area contributed by atoms with Gasteiger partial charge in [0.25, 0.3) is 0 Å². The fourth-order valence-corrected chi connectivity index (χ4v) is 2.98. The summed E-state index contributed by atoms with van der Waals surface area (Å²) < 4.78 is 1.65. The Morgan fingerprint density at radius 3 is 2.67 bits per heavy atom. The Hall–Kier alpha value is -2.05. The molecular formula is C14H22N4O3. The third-order valence-corrected chi connectivity index (χ3v) is 3.92. The van der Waals surface area contributed by atoms with Gasteiger partial charge in [-0.1, -0.05) is 19.8 Å². The average Bonchev–Trinajstić information content (AvgIpc) is 2.95. The third kappa shape index (κ3) is 3.74. The van der Waals surface area contributed by atoms with Gasteiger partial charge in [0.2, 0.25) is 0 Å². The second-order valence-corrected chi connectivity index (χ2v) is 5.65. The molecule has 3 N–H and O–H groups in total. The molecule has 0 saturated heterocycles. The first kappa shape index (κ1) is 15.3. The van der Waals surface area contributed by atoms with Crippen LogP contribution in [-0.4, -0.2) is 32.4 Å². The Kier molecular flexibility index (Phi) is 4.50. The molecule has 1 aromatic rings. The predicted octanol–water partition coefficient (Wildman–Crippen LogP) is 1.89. The number of hydrogen-bond acceptors (Lipinski definition) is 3. The van der Waals surface area contributed by atoms with Crippen LogP contribution in [0.25, 0.3) is 0 Å². The fraction of sp³-hybridized carbons (Fsp3) is 0.643. The number of carbonyl (C=O) groups excluding carboxylic acids is 1. The van der Waals surface area contributed by atoms with E-state index in [1.807, 2.05) is 6.92 Å². The number of carbonyl (C=O) groups is 2. The highest BCUT2D eigenvalue weighted by atomic mass is 16.4. The van der Waals surface area contributed by atoms with E-state index in [9.17, 15) is 9.59 Å². The highest BCUT2D eigenvalue weighted by Crippen LogP contribution is 2.32. The SMILES string of the molecule is CCc1nn(C)cc1NC(=O)NC1(CC(=O)O)CCCC1. The van der Waals surface area contributed by atoms with Gasteiger partial charge in [0.15, 0.2) is 0 Å². The van der Waals surface area contributed by atoms with Gasteiger partial charge in [-0.25, -0.2) is 4.79 Å². The fourth-order valence-electron chi connectivity index (χ4n) is 2.98. The number of aromatic nitrogens is 2. The van der Waals surface area contributed by atoms with Crippen LogP contribution in [0.1, 0.15) is 44.7 Å². The van der Waals surface area contributed by atoms with E-state index in [-0.39, 0.29) is 12.5 Å². The van der Waals surface area contributed by atoms with Crippen molar-refractivity contribution < 1.29 is 14.7 Å². The molecule has 0 spiro atoms. The Morgan fingerprint density at radius 1 is 1.43 bits per heavy atom. The molecule has 1 aliphatic carbocycles. The Balaban J connectivity index is 2.04. The third-order valence-electron chi connectivity index (χ3n) is 3.92. The smallest absolute Gasteiger partial charge is 0.319 e. The van der Waals surface area contributed by atoms with Crippen LogP contribution in [0.4, 0.5) is 10.5 Å². The molecule has 0 unspecified atom stereocenters. The normalized spacial score (nSPS) is 16.7. The van der Waals surface area contributed by atoms with Gasteiger partial charge in [0, 0.05) is 13.2 Å². The first-order valence-electron chi connectivity index (χ1n) is 7.27. The number of hydrogen-bond donors (Lipinski definition) is 3. The number of anilines is 1. The number of rotatable bonds is 5. The van der Waals surface area contributed by atoms with E-state index in [0.717, 1.165) is 25.0 Å². The van der Waals surface area contributed by atoms with E-state index in [1.54, 1.807) is 17.9 Å². The van der Waals surface area contributed by atoms with E-state index in [4.69, 9.17) is 5.11 Å². The minimum absolute atomic E-state index is 0.0336. The zero-order valence-electron chi connectivity index (χ0n) is 12.5. The number of aryl methyl sites for hydroxylation is 2. The number of nitrogens with one attached hydrogen (secondary N) is 2. The molecule has 7 heteroatoms. The molecule has 1 aromatic heterocycles. The van der Waals surface area contributed by atoms with Crippen LogP contribution in [-0.2, 0) is 18.3 Å². The van der Waals surface area contributed by atoms with E-state index >= 15 is 0 Å². The van der Waals surface area contributed by atoms with Gasteiger partial charge in [-0.15, -0.1) is 0 Å². The van der Waals surface area contributed by atoms with E-state index < -0.39 is 11.5 Å². The highest BCUT2D eigenvalue weighted by Gasteiger charge is 2.37. The molecule has 0 radical (unpaired) electrons. The van der Waals surface area contributed by atoms with Crippen molar-refractivity contribution in [3.8, 4) is 0 Å². The van der Waals surface area contributed by atoms with Crippen LogP contribution in [0.3, 0.4) is 0 Å². The van der Waals surface area contributed by atoms with Crippen molar-refractivity contribution in [2.45, 2.75) is 51.0 Å². The molecule has 0 aliphatic heterocycles. The molecule has 1 fully saturated rings. The van der Waals surface area contributed by atoms with Crippen molar-refractivity contribution in [2.24, 2.45) is 7.05 Å². The van der Waals surface area contributed by atoms with Crippen LogP contribution < -0.4 is 10.6 Å². The number of carboxylic acids is 1. The molecule has 0 bridgehead atoms. The van der Waals surface area contributed by atoms with Gasteiger partial charge in [0.05, 0.1) is 23.3 Å². The maximum absolute atomic E-state index is 12.2. The van der Waals surface area contributed by atoms with Gasteiger partial charge < -0.3 is 15.7 Å². The predicted molar refractivity (Wildman–Crippen MR) is 78.2 cm³/mol. The summed E-state index contributed by atoms with van der Waals surface area (Å²) in [6.07, 6.45) is 5.74. The summed E-state index contributed by atoms with van der Waals surface area (Å²) in [6, 6.07) is -0.360. The summed E-state index contributed by atoms with van der Waals surface area (Å²) in [5, 5.41) is 18.9. The minimum Gasteiger partial charge on any atom is -0.481 e. The highest BCUT2D eigenvalue weighted by molar-refractivity contribution is 5.90. The maximum Gasteiger partial charge on any atom is 0.319 e. The maximum atomic E-state index is 12.2. The van der Waals surface area contributed by atoms with E-state index in [2.05, 4.69) is 15.7 Å². The van der Waals surface area contributed by atoms with E-state index in [1.165, 1.54) is 0 Å². The molecule has 1 aliphatic rings. The second-order valence-electron chi connectivity index (χ2n) is 5.65. The largest absolute Gasteiger partial charge is 0.481 e. The van der Waals surface area contributed by atoms with Crippen LogP contribution >= 0.6 is 0 Å². The summed E-state index contributed by atoms with van der Waals surface area (Å²) in [6.45, 7) is 1.97. The Labute approximate surface area is 123 Å². The quantitative estimate of drug-likeness (QED) is 0.772. The molecule has 1 heterocycles. The zero-order valence-corrected chi connectivity index (χ0v) is 12.5. The van der Waals surface area contributed by atoms with Gasteiger partial charge in [-0.3, -0.25) is 9.48 Å². The second kappa shape index (κ2) is 6.15. The minimum atomic E-state index is -0.882. The molecule has 21 heavy (non-hydrogen) atoms. The van der Waals surface area contributed by atoms with Gasteiger partial charge in [-0.2, -0.15) is 5.10 Å². The summed E-state index contributed by atoms with van der Waals surface area (Å²) in [5.74, 6) is -0.882.